The Labute approximate surface area is 110 Å². The van der Waals surface area contributed by atoms with Crippen molar-refractivity contribution < 1.29 is 4.39 Å². The van der Waals surface area contributed by atoms with E-state index in [-0.39, 0.29) is 5.02 Å². The van der Waals surface area contributed by atoms with Crippen LogP contribution in [0.25, 0.3) is 11.4 Å². The van der Waals surface area contributed by atoms with Crippen LogP contribution in [0.4, 0.5) is 4.39 Å². The quantitative estimate of drug-likeness (QED) is 0.927. The molecule has 96 valence electrons. The van der Waals surface area contributed by atoms with Crippen molar-refractivity contribution in [2.45, 2.75) is 26.4 Å². The first kappa shape index (κ1) is 13.0. The Balaban J connectivity index is 2.49. The van der Waals surface area contributed by atoms with Crippen molar-refractivity contribution in [2.24, 2.45) is 5.73 Å². The maximum atomic E-state index is 13.5. The molecule has 0 atom stereocenters. The summed E-state index contributed by atoms with van der Waals surface area (Å²) in [5.41, 5.74) is 6.26. The molecule has 0 fully saturated rings. The Hall–Kier alpha value is -1.46. The van der Waals surface area contributed by atoms with Crippen molar-refractivity contribution in [2.75, 3.05) is 0 Å². The van der Waals surface area contributed by atoms with Crippen LogP contribution in [0.2, 0.25) is 5.02 Å². The summed E-state index contributed by atoms with van der Waals surface area (Å²) >= 11 is 5.66. The van der Waals surface area contributed by atoms with Gasteiger partial charge in [-0.1, -0.05) is 18.5 Å². The van der Waals surface area contributed by atoms with Gasteiger partial charge < -0.3 is 10.3 Å². The Kier molecular flexibility index (Phi) is 3.93. The number of rotatable bonds is 4. The first-order chi connectivity index (χ1) is 8.67. The number of hydrogen-bond donors (Lipinski definition) is 1. The highest BCUT2D eigenvalue weighted by Gasteiger charge is 2.13. The molecule has 0 aliphatic heterocycles. The zero-order valence-corrected chi connectivity index (χ0v) is 10.8. The smallest absolute Gasteiger partial charge is 0.164 e. The van der Waals surface area contributed by atoms with E-state index in [0.29, 0.717) is 23.8 Å². The minimum atomic E-state index is -0.463. The molecule has 0 saturated carbocycles. The second kappa shape index (κ2) is 5.46. The monoisotopic (exact) mass is 268 g/mol. The van der Waals surface area contributed by atoms with Crippen molar-refractivity contribution in [3.8, 4) is 11.4 Å². The molecule has 0 aliphatic carbocycles. The highest BCUT2D eigenvalue weighted by molar-refractivity contribution is 6.30. The van der Waals surface area contributed by atoms with Gasteiger partial charge in [0, 0.05) is 12.1 Å². The highest BCUT2D eigenvalue weighted by Crippen LogP contribution is 2.23. The zero-order chi connectivity index (χ0) is 13.1. The van der Waals surface area contributed by atoms with Gasteiger partial charge in [0.2, 0.25) is 0 Å². The summed E-state index contributed by atoms with van der Waals surface area (Å²) in [7, 11) is 0. The van der Waals surface area contributed by atoms with Gasteiger partial charge in [0.15, 0.2) is 5.82 Å². The third-order valence-corrected chi connectivity index (χ3v) is 2.94. The molecule has 1 aromatic heterocycles. The summed E-state index contributed by atoms with van der Waals surface area (Å²) < 4.78 is 15.4. The maximum absolute atomic E-state index is 13.5. The van der Waals surface area contributed by atoms with Crippen LogP contribution in [0.1, 0.15) is 19.2 Å². The molecule has 18 heavy (non-hydrogen) atoms. The fraction of sp³-hybridized carbons (Fsp3) is 0.333. The lowest BCUT2D eigenvalue weighted by atomic mass is 10.2. The van der Waals surface area contributed by atoms with Crippen LogP contribution >= 0.6 is 11.6 Å². The van der Waals surface area contributed by atoms with Crippen molar-refractivity contribution in [3.05, 3.63) is 34.9 Å². The number of nitrogens with zero attached hydrogens (tertiary/aromatic N) is 3. The summed E-state index contributed by atoms with van der Waals surface area (Å²) in [4.78, 5) is 0. The molecular weight excluding hydrogens is 255 g/mol. The van der Waals surface area contributed by atoms with Gasteiger partial charge in [0.1, 0.15) is 11.6 Å². The number of aromatic nitrogens is 3. The van der Waals surface area contributed by atoms with E-state index in [4.69, 9.17) is 17.3 Å². The molecule has 0 saturated heterocycles. The molecule has 1 heterocycles. The molecule has 0 spiro atoms. The number of nitrogens with two attached hydrogens (primary N) is 1. The van der Waals surface area contributed by atoms with E-state index in [0.717, 1.165) is 13.0 Å². The predicted molar refractivity (Wildman–Crippen MR) is 68.6 cm³/mol. The van der Waals surface area contributed by atoms with Gasteiger partial charge >= 0.3 is 0 Å². The van der Waals surface area contributed by atoms with E-state index in [2.05, 4.69) is 10.2 Å². The van der Waals surface area contributed by atoms with Crippen LogP contribution in [0, 0.1) is 5.82 Å². The standard InChI is InChI=1S/C12H14ClFN4/c1-2-5-18-11(7-15)16-17-12(18)8-3-4-9(13)10(14)6-8/h3-4,6H,2,5,7,15H2,1H3. The number of halogens is 2. The fourth-order valence-corrected chi connectivity index (χ4v) is 1.91. The van der Waals surface area contributed by atoms with Gasteiger partial charge in [-0.05, 0) is 24.6 Å². The highest BCUT2D eigenvalue weighted by atomic mass is 35.5. The number of hydrogen-bond acceptors (Lipinski definition) is 3. The summed E-state index contributed by atoms with van der Waals surface area (Å²) in [6, 6.07) is 4.60. The first-order valence-electron chi connectivity index (χ1n) is 5.75. The lowest BCUT2D eigenvalue weighted by Crippen LogP contribution is -2.09. The second-order valence-electron chi connectivity index (χ2n) is 3.92. The Bertz CT molecular complexity index is 553. The minimum Gasteiger partial charge on any atom is -0.324 e. The zero-order valence-electron chi connectivity index (χ0n) is 10.0. The van der Waals surface area contributed by atoms with Gasteiger partial charge in [-0.15, -0.1) is 10.2 Å². The van der Waals surface area contributed by atoms with E-state index in [1.54, 1.807) is 6.07 Å². The third-order valence-electron chi connectivity index (χ3n) is 2.63. The molecule has 1 aromatic carbocycles. The van der Waals surface area contributed by atoms with Crippen molar-refractivity contribution >= 4 is 11.6 Å². The summed E-state index contributed by atoms with van der Waals surface area (Å²) in [6.07, 6.45) is 0.925. The molecule has 2 N–H and O–H groups in total. The molecule has 0 aliphatic rings. The summed E-state index contributed by atoms with van der Waals surface area (Å²) in [5, 5.41) is 8.18. The van der Waals surface area contributed by atoms with Crippen LogP contribution in [-0.4, -0.2) is 14.8 Å². The van der Waals surface area contributed by atoms with Crippen LogP contribution in [0.3, 0.4) is 0 Å². The summed E-state index contributed by atoms with van der Waals surface area (Å²) in [6.45, 7) is 3.11. The molecule has 0 amide bonds. The molecule has 0 radical (unpaired) electrons. The molecular formula is C12H14ClFN4. The van der Waals surface area contributed by atoms with Crippen LogP contribution in [0.5, 0.6) is 0 Å². The minimum absolute atomic E-state index is 0.0966. The molecule has 4 nitrogen and oxygen atoms in total. The molecule has 6 heteroatoms. The van der Waals surface area contributed by atoms with Crippen LogP contribution in [-0.2, 0) is 13.1 Å². The second-order valence-corrected chi connectivity index (χ2v) is 4.33. The van der Waals surface area contributed by atoms with Gasteiger partial charge in [-0.2, -0.15) is 0 Å². The van der Waals surface area contributed by atoms with Crippen molar-refractivity contribution in [3.63, 3.8) is 0 Å². The van der Waals surface area contributed by atoms with E-state index < -0.39 is 5.82 Å². The van der Waals surface area contributed by atoms with Gasteiger partial charge in [-0.3, -0.25) is 0 Å². The van der Waals surface area contributed by atoms with Crippen LogP contribution in [0.15, 0.2) is 18.2 Å². The SMILES string of the molecule is CCCn1c(CN)nnc1-c1ccc(Cl)c(F)c1. The first-order valence-corrected chi connectivity index (χ1v) is 6.12. The largest absolute Gasteiger partial charge is 0.324 e. The molecule has 0 bridgehead atoms. The Morgan fingerprint density at radius 3 is 2.78 bits per heavy atom. The molecule has 2 rings (SSSR count). The topological polar surface area (TPSA) is 56.7 Å². The average Bonchev–Trinajstić information content (AvgIpc) is 2.76. The van der Waals surface area contributed by atoms with E-state index in [1.807, 2.05) is 11.5 Å². The lowest BCUT2D eigenvalue weighted by molar-refractivity contribution is 0.626. The van der Waals surface area contributed by atoms with Crippen molar-refractivity contribution in [1.82, 2.24) is 14.8 Å². The maximum Gasteiger partial charge on any atom is 0.164 e. The van der Waals surface area contributed by atoms with E-state index in [9.17, 15) is 4.39 Å². The Morgan fingerprint density at radius 2 is 2.17 bits per heavy atom. The predicted octanol–water partition coefficient (Wildman–Crippen LogP) is 2.61. The van der Waals surface area contributed by atoms with Gasteiger partial charge in [-0.25, -0.2) is 4.39 Å². The molecule has 0 unspecified atom stereocenters. The van der Waals surface area contributed by atoms with E-state index in [1.165, 1.54) is 12.1 Å². The Morgan fingerprint density at radius 1 is 1.39 bits per heavy atom. The van der Waals surface area contributed by atoms with Gasteiger partial charge in [0.05, 0.1) is 11.6 Å². The molecule has 2 aromatic rings. The fourth-order valence-electron chi connectivity index (χ4n) is 1.79. The third kappa shape index (κ3) is 2.37. The van der Waals surface area contributed by atoms with Crippen molar-refractivity contribution in [1.29, 1.82) is 0 Å². The average molecular weight is 269 g/mol. The normalized spacial score (nSPS) is 10.9. The summed E-state index contributed by atoms with van der Waals surface area (Å²) in [5.74, 6) is 0.851. The lowest BCUT2D eigenvalue weighted by Gasteiger charge is -2.08. The number of benzene rings is 1. The van der Waals surface area contributed by atoms with E-state index >= 15 is 0 Å². The van der Waals surface area contributed by atoms with Gasteiger partial charge in [0.25, 0.3) is 0 Å². The van der Waals surface area contributed by atoms with Crippen LogP contribution < -0.4 is 5.73 Å².